The fourth-order valence-corrected chi connectivity index (χ4v) is 1.08. The van der Waals surface area contributed by atoms with Gasteiger partial charge in [0.05, 0.1) is 13.2 Å². The molecule has 1 aliphatic heterocycles. The summed E-state index contributed by atoms with van der Waals surface area (Å²) in [6.45, 7) is 0.281. The highest BCUT2D eigenvalue weighted by molar-refractivity contribution is 6.01. The molecular formula is C9H14N2O6. The first-order valence-corrected chi connectivity index (χ1v) is 4.78. The Balaban J connectivity index is 0.00000256. The summed E-state index contributed by atoms with van der Waals surface area (Å²) in [4.78, 5) is 37.8. The highest BCUT2D eigenvalue weighted by Crippen LogP contribution is 2.11. The van der Waals surface area contributed by atoms with Crippen molar-refractivity contribution in [2.24, 2.45) is 0 Å². The molecule has 17 heavy (non-hydrogen) atoms. The number of methoxy groups -OCH3 is 1. The van der Waals surface area contributed by atoms with Gasteiger partial charge in [0.15, 0.2) is 0 Å². The van der Waals surface area contributed by atoms with Gasteiger partial charge >= 0.3 is 5.97 Å². The molecule has 0 aliphatic carbocycles. The van der Waals surface area contributed by atoms with E-state index in [0.717, 1.165) is 0 Å². The third-order valence-electron chi connectivity index (χ3n) is 1.85. The van der Waals surface area contributed by atoms with Gasteiger partial charge in [0.1, 0.15) is 6.61 Å². The average Bonchev–Trinajstić information content (AvgIpc) is 2.56. The maximum atomic E-state index is 11.1. The monoisotopic (exact) mass is 246 g/mol. The Morgan fingerprint density at radius 3 is 2.35 bits per heavy atom. The number of nitrogens with one attached hydrogen (secondary N) is 1. The molecule has 1 N–H and O–H groups in total. The lowest BCUT2D eigenvalue weighted by Crippen LogP contribution is -2.33. The first-order chi connectivity index (χ1) is 7.65. The maximum absolute atomic E-state index is 11.1. The average molecular weight is 246 g/mol. The number of rotatable bonds is 6. The lowest BCUT2D eigenvalue weighted by Gasteiger charge is -2.12. The minimum Gasteiger partial charge on any atom is -0.382 e. The summed E-state index contributed by atoms with van der Waals surface area (Å²) in [6, 6.07) is 0. The van der Waals surface area contributed by atoms with Gasteiger partial charge < -0.3 is 14.3 Å². The van der Waals surface area contributed by atoms with Gasteiger partial charge in [0.2, 0.25) is 0 Å². The van der Waals surface area contributed by atoms with E-state index in [0.29, 0.717) is 11.7 Å². The molecular weight excluding hydrogens is 232 g/mol. The molecule has 0 atom stereocenters. The van der Waals surface area contributed by atoms with Crippen molar-refractivity contribution in [2.45, 2.75) is 12.8 Å². The Bertz CT molecular complexity index is 277. The molecule has 0 aromatic heterocycles. The normalized spacial score (nSPS) is 14.8. The molecule has 1 heterocycles. The van der Waals surface area contributed by atoms with Gasteiger partial charge in [-0.2, -0.15) is 6.15 Å². The summed E-state index contributed by atoms with van der Waals surface area (Å²) in [5.41, 5.74) is 0. The van der Waals surface area contributed by atoms with Gasteiger partial charge in [-0.15, -0.1) is 5.06 Å². The zero-order chi connectivity index (χ0) is 12.0. The van der Waals surface area contributed by atoms with Crippen molar-refractivity contribution < 1.29 is 28.7 Å². The number of nitrogens with zero attached hydrogens (tertiary/aromatic N) is 1. The second-order valence-corrected chi connectivity index (χ2v) is 3.09. The van der Waals surface area contributed by atoms with Crippen LogP contribution in [0.4, 0.5) is 0 Å². The van der Waals surface area contributed by atoms with Crippen LogP contribution in [-0.2, 0) is 28.7 Å². The van der Waals surface area contributed by atoms with Crippen LogP contribution in [0.2, 0.25) is 0 Å². The Morgan fingerprint density at radius 2 is 1.82 bits per heavy atom. The number of hydrogen-bond acceptors (Lipinski definition) is 6. The van der Waals surface area contributed by atoms with Crippen molar-refractivity contribution in [3.8, 4) is 0 Å². The summed E-state index contributed by atoms with van der Waals surface area (Å²) < 4.78 is 9.56. The highest BCUT2D eigenvalue weighted by Gasteiger charge is 2.32. The van der Waals surface area contributed by atoms with Crippen molar-refractivity contribution in [3.63, 3.8) is 0 Å². The van der Waals surface area contributed by atoms with Crippen LogP contribution in [0.15, 0.2) is 0 Å². The van der Waals surface area contributed by atoms with Crippen LogP contribution in [0.3, 0.4) is 0 Å². The molecule has 8 heteroatoms. The van der Waals surface area contributed by atoms with Gasteiger partial charge in [0, 0.05) is 20.0 Å². The quantitative estimate of drug-likeness (QED) is 0.438. The fourth-order valence-electron chi connectivity index (χ4n) is 1.08. The molecule has 0 aromatic carbocycles. The minimum absolute atomic E-state index is 0. The number of hydrogen-bond donors (Lipinski definition) is 0. The van der Waals surface area contributed by atoms with Gasteiger partial charge in [-0.1, -0.05) is 0 Å². The minimum atomic E-state index is -0.778. The number of carbonyl (C=O) groups excluding carboxylic acids is 3. The van der Waals surface area contributed by atoms with Crippen molar-refractivity contribution in [3.05, 3.63) is 0 Å². The molecule has 0 saturated carbocycles. The summed E-state index contributed by atoms with van der Waals surface area (Å²) >= 11 is 0. The molecule has 0 spiro atoms. The topological polar surface area (TPSA) is 114 Å². The zero-order valence-electron chi connectivity index (χ0n) is 9.43. The highest BCUT2D eigenvalue weighted by atomic mass is 16.7. The van der Waals surface area contributed by atoms with E-state index < -0.39 is 17.8 Å². The van der Waals surface area contributed by atoms with E-state index in [1.54, 1.807) is 0 Å². The Morgan fingerprint density at radius 1 is 1.24 bits per heavy atom. The second kappa shape index (κ2) is 7.71. The summed E-state index contributed by atoms with van der Waals surface area (Å²) in [7, 11) is 1.50. The third-order valence-corrected chi connectivity index (χ3v) is 1.85. The van der Waals surface area contributed by atoms with Gasteiger partial charge in [0.25, 0.3) is 11.8 Å². The van der Waals surface area contributed by atoms with Crippen LogP contribution >= 0.6 is 0 Å². The smallest absolute Gasteiger partial charge is 0.358 e. The van der Waals surface area contributed by atoms with Gasteiger partial charge in [-0.05, 0) is 0 Å². The van der Waals surface area contributed by atoms with Crippen LogP contribution < -0.4 is 6.15 Å². The number of ether oxygens (including phenoxy) is 2. The third kappa shape index (κ3) is 4.89. The number of carbonyl (C=O) groups is 3. The number of amides is 2. The first-order valence-electron chi connectivity index (χ1n) is 4.78. The molecule has 8 nitrogen and oxygen atoms in total. The molecule has 2 amide bonds. The zero-order valence-corrected chi connectivity index (χ0v) is 9.43. The van der Waals surface area contributed by atoms with E-state index in [9.17, 15) is 14.4 Å². The molecule has 1 rings (SSSR count). The number of hydroxylamine groups is 2. The molecule has 0 aromatic rings. The predicted molar refractivity (Wildman–Crippen MR) is 53.0 cm³/mol. The number of imide groups is 1. The van der Waals surface area contributed by atoms with E-state index in [4.69, 9.17) is 9.47 Å². The van der Waals surface area contributed by atoms with Crippen LogP contribution in [0.5, 0.6) is 0 Å². The molecule has 96 valence electrons. The van der Waals surface area contributed by atoms with E-state index in [1.807, 2.05) is 0 Å². The molecule has 1 aliphatic rings. The van der Waals surface area contributed by atoms with Crippen LogP contribution in [-0.4, -0.2) is 49.8 Å². The van der Waals surface area contributed by atoms with Gasteiger partial charge in [-0.25, -0.2) is 4.79 Å². The van der Waals surface area contributed by atoms with Crippen molar-refractivity contribution in [1.29, 1.82) is 0 Å². The molecule has 0 unspecified atom stereocenters. The first kappa shape index (κ1) is 15.5. The SMILES string of the molecule is COCCOCC(=O)ON1C(=O)CCC1=O.[NH]. The summed E-state index contributed by atoms with van der Waals surface area (Å²) in [6.07, 6.45) is 0.160. The van der Waals surface area contributed by atoms with E-state index in [-0.39, 0.29) is 32.2 Å². The molecule has 1 saturated heterocycles. The van der Waals surface area contributed by atoms with Crippen LogP contribution in [0.25, 0.3) is 0 Å². The fraction of sp³-hybridized carbons (Fsp3) is 0.667. The van der Waals surface area contributed by atoms with Crippen molar-refractivity contribution >= 4 is 17.8 Å². The van der Waals surface area contributed by atoms with E-state index >= 15 is 0 Å². The Kier molecular flexibility index (Phi) is 7.03. The van der Waals surface area contributed by atoms with Crippen LogP contribution in [0.1, 0.15) is 12.8 Å². The maximum Gasteiger partial charge on any atom is 0.358 e. The van der Waals surface area contributed by atoms with Crippen molar-refractivity contribution in [2.75, 3.05) is 26.9 Å². The van der Waals surface area contributed by atoms with E-state index in [1.165, 1.54) is 7.11 Å². The molecule has 2 radical (unpaired) electrons. The Hall–Kier alpha value is -1.51. The lowest BCUT2D eigenvalue weighted by molar-refractivity contribution is -0.200. The van der Waals surface area contributed by atoms with Gasteiger partial charge in [-0.3, -0.25) is 9.59 Å². The predicted octanol–water partition coefficient (Wildman–Crippen LogP) is -1.01. The van der Waals surface area contributed by atoms with E-state index in [2.05, 4.69) is 4.84 Å². The molecule has 0 bridgehead atoms. The Labute approximate surface area is 98.3 Å². The van der Waals surface area contributed by atoms with Crippen molar-refractivity contribution in [1.82, 2.24) is 11.2 Å². The van der Waals surface area contributed by atoms with Crippen LogP contribution in [0, 0.1) is 0 Å². The second-order valence-electron chi connectivity index (χ2n) is 3.09. The standard InChI is InChI=1S/C9H13NO6.HN/c1-14-4-5-15-6-9(13)16-10-7(11)2-3-8(10)12;/h2-6H2,1H3;1H. The summed E-state index contributed by atoms with van der Waals surface area (Å²) in [5, 5.41) is 0.488. The largest absolute Gasteiger partial charge is 0.382 e. The summed E-state index contributed by atoms with van der Waals surface area (Å²) in [5.74, 6) is -1.79. The molecule has 1 fully saturated rings. The lowest BCUT2D eigenvalue weighted by atomic mass is 10.4.